The zero-order chi connectivity index (χ0) is 14.7. The van der Waals surface area contributed by atoms with Crippen molar-refractivity contribution >= 4 is 0 Å². The van der Waals surface area contributed by atoms with Crippen LogP contribution in [0.15, 0.2) is 18.2 Å². The molecule has 0 aliphatic carbocycles. The van der Waals surface area contributed by atoms with Crippen LogP contribution in [0.5, 0.6) is 5.75 Å². The second-order valence-electron chi connectivity index (χ2n) is 5.05. The highest BCUT2D eigenvalue weighted by Gasteiger charge is 2.12. The Kier molecular flexibility index (Phi) is 4.45. The third kappa shape index (κ3) is 2.85. The fraction of sp³-hybridized carbons (Fsp3) is 0.438. The third-order valence-corrected chi connectivity index (χ3v) is 3.43. The van der Waals surface area contributed by atoms with Crippen LogP contribution in [-0.2, 0) is 13.5 Å². The number of aromatic nitrogens is 2. The minimum Gasteiger partial charge on any atom is -0.494 e. The van der Waals surface area contributed by atoms with Gasteiger partial charge in [0.25, 0.3) is 0 Å². The van der Waals surface area contributed by atoms with Gasteiger partial charge in [0.05, 0.1) is 18.0 Å². The maximum atomic E-state index is 5.64. The van der Waals surface area contributed by atoms with Gasteiger partial charge in [-0.15, -0.1) is 0 Å². The molecule has 4 nitrogen and oxygen atoms in total. The summed E-state index contributed by atoms with van der Waals surface area (Å²) >= 11 is 0. The molecule has 0 bridgehead atoms. The van der Waals surface area contributed by atoms with Gasteiger partial charge in [-0.3, -0.25) is 4.68 Å². The highest BCUT2D eigenvalue weighted by Crippen LogP contribution is 2.30. The molecule has 2 N–H and O–H groups in total. The van der Waals surface area contributed by atoms with Crippen molar-refractivity contribution in [1.82, 2.24) is 9.78 Å². The van der Waals surface area contributed by atoms with Crippen LogP contribution in [0.3, 0.4) is 0 Å². The maximum Gasteiger partial charge on any atom is 0.122 e. The minimum atomic E-state index is 0.623. The van der Waals surface area contributed by atoms with Gasteiger partial charge in [-0.05, 0) is 56.6 Å². The Morgan fingerprint density at radius 3 is 2.60 bits per heavy atom. The predicted octanol–water partition coefficient (Wildman–Crippen LogP) is 2.60. The van der Waals surface area contributed by atoms with E-state index in [9.17, 15) is 0 Å². The van der Waals surface area contributed by atoms with Crippen LogP contribution in [0.2, 0.25) is 0 Å². The monoisotopic (exact) mass is 273 g/mol. The lowest BCUT2D eigenvalue weighted by atomic mass is 10.0. The van der Waals surface area contributed by atoms with Gasteiger partial charge in [0.15, 0.2) is 0 Å². The summed E-state index contributed by atoms with van der Waals surface area (Å²) in [7, 11) is 1.97. The number of ether oxygens (including phenoxy) is 1. The molecule has 0 saturated heterocycles. The lowest BCUT2D eigenvalue weighted by Gasteiger charge is -2.12. The zero-order valence-corrected chi connectivity index (χ0v) is 12.7. The molecule has 2 rings (SSSR count). The molecule has 0 amide bonds. The van der Waals surface area contributed by atoms with E-state index in [-0.39, 0.29) is 0 Å². The van der Waals surface area contributed by atoms with Crippen LogP contribution in [0.4, 0.5) is 0 Å². The highest BCUT2D eigenvalue weighted by molar-refractivity contribution is 5.67. The first kappa shape index (κ1) is 14.6. The molecule has 108 valence electrons. The summed E-state index contributed by atoms with van der Waals surface area (Å²) in [6.07, 6.45) is 0.808. The normalized spacial score (nSPS) is 10.8. The molecule has 0 aliphatic heterocycles. The van der Waals surface area contributed by atoms with Crippen molar-refractivity contribution in [2.45, 2.75) is 27.2 Å². The lowest BCUT2D eigenvalue weighted by Crippen LogP contribution is -2.03. The van der Waals surface area contributed by atoms with Gasteiger partial charge in [0.2, 0.25) is 0 Å². The third-order valence-electron chi connectivity index (χ3n) is 3.43. The molecular weight excluding hydrogens is 250 g/mol. The largest absolute Gasteiger partial charge is 0.494 e. The quantitative estimate of drug-likeness (QED) is 0.911. The van der Waals surface area contributed by atoms with Gasteiger partial charge in [-0.1, -0.05) is 0 Å². The number of nitrogens with zero attached hydrogens (tertiary/aromatic N) is 2. The molecule has 0 fully saturated rings. The molecule has 0 saturated carbocycles. The molecule has 0 radical (unpaired) electrons. The molecule has 1 aromatic carbocycles. The maximum absolute atomic E-state index is 5.64. The average Bonchev–Trinajstić information content (AvgIpc) is 2.75. The summed E-state index contributed by atoms with van der Waals surface area (Å²) in [4.78, 5) is 0. The van der Waals surface area contributed by atoms with Gasteiger partial charge in [0, 0.05) is 19.0 Å². The van der Waals surface area contributed by atoms with Gasteiger partial charge >= 0.3 is 0 Å². The van der Waals surface area contributed by atoms with E-state index in [1.165, 1.54) is 11.1 Å². The molecular formula is C16H23N3O. The second kappa shape index (κ2) is 6.09. The van der Waals surface area contributed by atoms with Gasteiger partial charge < -0.3 is 10.5 Å². The summed E-state index contributed by atoms with van der Waals surface area (Å²) in [6, 6.07) is 6.39. The van der Waals surface area contributed by atoms with Crippen LogP contribution in [0, 0.1) is 13.8 Å². The van der Waals surface area contributed by atoms with Crippen LogP contribution in [0.1, 0.15) is 23.7 Å². The van der Waals surface area contributed by atoms with Gasteiger partial charge in [-0.25, -0.2) is 0 Å². The van der Waals surface area contributed by atoms with Crippen LogP contribution >= 0.6 is 0 Å². The van der Waals surface area contributed by atoms with E-state index < -0.39 is 0 Å². The standard InChI is InChI=1S/C16H23N3O/c1-5-20-16-9-11(2)14(8-12(16)3)15-10-13(6-7-17)18-19(15)4/h8-10H,5-7,17H2,1-4H3. The van der Waals surface area contributed by atoms with Crippen molar-refractivity contribution in [3.05, 3.63) is 35.0 Å². The van der Waals surface area contributed by atoms with Crippen molar-refractivity contribution in [3.8, 4) is 17.0 Å². The number of rotatable bonds is 5. The van der Waals surface area contributed by atoms with E-state index in [1.807, 2.05) is 18.7 Å². The Labute approximate surface area is 120 Å². The number of aryl methyl sites for hydroxylation is 3. The first-order valence-electron chi connectivity index (χ1n) is 7.04. The van der Waals surface area contributed by atoms with Crippen molar-refractivity contribution in [2.24, 2.45) is 12.8 Å². The SMILES string of the molecule is CCOc1cc(C)c(-c2cc(CCN)nn2C)cc1C. The van der Waals surface area contributed by atoms with E-state index >= 15 is 0 Å². The summed E-state index contributed by atoms with van der Waals surface area (Å²) in [5.41, 5.74) is 11.3. The Bertz CT molecular complexity index is 602. The first-order valence-corrected chi connectivity index (χ1v) is 7.04. The fourth-order valence-electron chi connectivity index (χ4n) is 2.43. The average molecular weight is 273 g/mol. The molecule has 0 spiro atoms. The number of hydrogen-bond donors (Lipinski definition) is 1. The fourth-order valence-corrected chi connectivity index (χ4v) is 2.43. The Hall–Kier alpha value is -1.81. The molecule has 20 heavy (non-hydrogen) atoms. The van der Waals surface area contributed by atoms with E-state index in [0.29, 0.717) is 13.2 Å². The molecule has 4 heteroatoms. The summed E-state index contributed by atoms with van der Waals surface area (Å²) in [5.74, 6) is 0.957. The first-order chi connectivity index (χ1) is 9.56. The topological polar surface area (TPSA) is 53.1 Å². The van der Waals surface area contributed by atoms with Crippen LogP contribution in [0.25, 0.3) is 11.3 Å². The smallest absolute Gasteiger partial charge is 0.122 e. The zero-order valence-electron chi connectivity index (χ0n) is 12.7. The summed E-state index contributed by atoms with van der Waals surface area (Å²) in [5, 5.41) is 4.51. The van der Waals surface area contributed by atoms with Crippen molar-refractivity contribution < 1.29 is 4.74 Å². The Morgan fingerprint density at radius 2 is 1.95 bits per heavy atom. The van der Waals surface area contributed by atoms with Crippen LogP contribution < -0.4 is 10.5 Å². The summed E-state index contributed by atoms with van der Waals surface area (Å²) in [6.45, 7) is 7.49. The van der Waals surface area contributed by atoms with Gasteiger partial charge in [-0.2, -0.15) is 5.10 Å². The molecule has 1 heterocycles. The van der Waals surface area contributed by atoms with E-state index in [4.69, 9.17) is 10.5 Å². The van der Waals surface area contributed by atoms with Gasteiger partial charge in [0.1, 0.15) is 5.75 Å². The van der Waals surface area contributed by atoms with E-state index in [1.54, 1.807) is 0 Å². The number of nitrogens with two attached hydrogens (primary N) is 1. The summed E-state index contributed by atoms with van der Waals surface area (Å²) < 4.78 is 7.57. The second-order valence-corrected chi connectivity index (χ2v) is 5.05. The van der Waals surface area contributed by atoms with Crippen LogP contribution in [-0.4, -0.2) is 22.9 Å². The van der Waals surface area contributed by atoms with E-state index in [2.05, 4.69) is 37.1 Å². The molecule has 0 atom stereocenters. The minimum absolute atomic E-state index is 0.623. The number of hydrogen-bond acceptors (Lipinski definition) is 3. The van der Waals surface area contributed by atoms with E-state index in [0.717, 1.165) is 29.1 Å². The highest BCUT2D eigenvalue weighted by atomic mass is 16.5. The molecule has 0 unspecified atom stereocenters. The predicted molar refractivity (Wildman–Crippen MR) is 82.0 cm³/mol. The van der Waals surface area contributed by atoms with Crippen molar-refractivity contribution in [3.63, 3.8) is 0 Å². The lowest BCUT2D eigenvalue weighted by molar-refractivity contribution is 0.337. The number of benzene rings is 1. The van der Waals surface area contributed by atoms with Crippen molar-refractivity contribution in [1.29, 1.82) is 0 Å². The Morgan fingerprint density at radius 1 is 1.20 bits per heavy atom. The molecule has 1 aromatic heterocycles. The molecule has 0 aliphatic rings. The van der Waals surface area contributed by atoms with Crippen molar-refractivity contribution in [2.75, 3.05) is 13.2 Å². The molecule has 2 aromatic rings. The Balaban J connectivity index is 2.44.